The van der Waals surface area contributed by atoms with Crippen LogP contribution in [0.5, 0.6) is 0 Å². The van der Waals surface area contributed by atoms with Gasteiger partial charge in [-0.2, -0.15) is 0 Å². The Hall–Kier alpha value is -0.300. The molecule has 0 heterocycles. The van der Waals surface area contributed by atoms with Gasteiger partial charge in [0.05, 0.1) is 0 Å². The van der Waals surface area contributed by atoms with Gasteiger partial charge < -0.3 is 0 Å². The molecule has 0 saturated heterocycles. The summed E-state index contributed by atoms with van der Waals surface area (Å²) >= 11 is 3.40. The zero-order valence-electron chi connectivity index (χ0n) is 6.74. The van der Waals surface area contributed by atoms with E-state index in [1.807, 2.05) is 13.0 Å². The molecule has 0 rings (SSSR count). The molecule has 0 aliphatic rings. The average Bonchev–Trinajstić information content (AvgIpc) is 2.00. The van der Waals surface area contributed by atoms with E-state index in [4.69, 9.17) is 0 Å². The van der Waals surface area contributed by atoms with Gasteiger partial charge in [-0.15, -0.1) is 0 Å². The second kappa shape index (κ2) is 4.51. The van der Waals surface area contributed by atoms with Gasteiger partial charge in [-0.05, 0) is 26.3 Å². The first-order chi connectivity index (χ1) is 4.63. The number of allylic oxidation sites excluding steroid dienone is 5. The molecular formula is C9H13Br. The van der Waals surface area contributed by atoms with Gasteiger partial charge >= 0.3 is 0 Å². The van der Waals surface area contributed by atoms with Crippen LogP contribution in [0.15, 0.2) is 34.4 Å². The summed E-state index contributed by atoms with van der Waals surface area (Å²) in [6, 6.07) is 0. The second-order valence-corrected chi connectivity index (χ2v) is 3.00. The van der Waals surface area contributed by atoms with Gasteiger partial charge in [0.25, 0.3) is 0 Å². The van der Waals surface area contributed by atoms with Crippen LogP contribution in [0.3, 0.4) is 0 Å². The maximum Gasteiger partial charge on any atom is 0.0201 e. The topological polar surface area (TPSA) is 0 Å². The van der Waals surface area contributed by atoms with Gasteiger partial charge in [-0.3, -0.25) is 0 Å². The Bertz CT molecular complexity index is 185. The molecular weight excluding hydrogens is 188 g/mol. The van der Waals surface area contributed by atoms with Gasteiger partial charge in [-0.1, -0.05) is 40.2 Å². The third-order valence-electron chi connectivity index (χ3n) is 1.56. The standard InChI is InChI=1S/C9H13Br/c1-5-7(3)8(4)9(10)6-2/h5-6H,2H2,1,3-4H3/b7-5-,9-8+. The predicted molar refractivity (Wildman–Crippen MR) is 51.3 cm³/mol. The van der Waals surface area contributed by atoms with Crippen molar-refractivity contribution in [3.05, 3.63) is 34.4 Å². The molecule has 0 unspecified atom stereocenters. The van der Waals surface area contributed by atoms with Crippen molar-refractivity contribution in [3.63, 3.8) is 0 Å². The Morgan fingerprint density at radius 3 is 2.20 bits per heavy atom. The molecule has 10 heavy (non-hydrogen) atoms. The van der Waals surface area contributed by atoms with Gasteiger partial charge in [0.2, 0.25) is 0 Å². The Balaban J connectivity index is 4.63. The van der Waals surface area contributed by atoms with Gasteiger partial charge in [0, 0.05) is 4.48 Å². The highest BCUT2D eigenvalue weighted by Gasteiger charge is 1.94. The Labute approximate surface area is 71.5 Å². The Morgan fingerprint density at radius 2 is 1.90 bits per heavy atom. The number of halogens is 1. The van der Waals surface area contributed by atoms with Crippen LogP contribution in [0, 0.1) is 0 Å². The van der Waals surface area contributed by atoms with Crippen LogP contribution < -0.4 is 0 Å². The van der Waals surface area contributed by atoms with Crippen LogP contribution in [-0.2, 0) is 0 Å². The van der Waals surface area contributed by atoms with Crippen LogP contribution in [0.1, 0.15) is 20.8 Å². The maximum absolute atomic E-state index is 3.67. The van der Waals surface area contributed by atoms with Crippen molar-refractivity contribution >= 4 is 15.9 Å². The molecule has 0 aliphatic carbocycles. The average molecular weight is 201 g/mol. The lowest BCUT2D eigenvalue weighted by Crippen LogP contribution is -1.79. The Kier molecular flexibility index (Phi) is 4.37. The zero-order valence-corrected chi connectivity index (χ0v) is 8.33. The number of hydrogen-bond acceptors (Lipinski definition) is 0. The quantitative estimate of drug-likeness (QED) is 0.596. The summed E-state index contributed by atoms with van der Waals surface area (Å²) < 4.78 is 1.07. The minimum Gasteiger partial charge on any atom is -0.0979 e. The highest BCUT2D eigenvalue weighted by Crippen LogP contribution is 2.18. The lowest BCUT2D eigenvalue weighted by Gasteiger charge is -2.00. The summed E-state index contributed by atoms with van der Waals surface area (Å²) in [6.07, 6.45) is 3.89. The van der Waals surface area contributed by atoms with E-state index in [0.29, 0.717) is 0 Å². The molecule has 0 nitrogen and oxygen atoms in total. The molecule has 0 spiro atoms. The van der Waals surface area contributed by atoms with Crippen molar-refractivity contribution in [2.45, 2.75) is 20.8 Å². The van der Waals surface area contributed by atoms with Crippen molar-refractivity contribution in [2.75, 3.05) is 0 Å². The van der Waals surface area contributed by atoms with Crippen molar-refractivity contribution in [1.29, 1.82) is 0 Å². The largest absolute Gasteiger partial charge is 0.0979 e. The zero-order chi connectivity index (χ0) is 8.15. The molecule has 0 radical (unpaired) electrons. The predicted octanol–water partition coefficient (Wildman–Crippen LogP) is 3.81. The molecule has 0 atom stereocenters. The normalized spacial score (nSPS) is 14.6. The molecule has 0 aromatic carbocycles. The maximum atomic E-state index is 3.67. The summed E-state index contributed by atoms with van der Waals surface area (Å²) in [6.45, 7) is 9.85. The molecule has 56 valence electrons. The van der Waals surface area contributed by atoms with E-state index in [2.05, 4.69) is 42.4 Å². The SMILES string of the molecule is C=C/C(Br)=C(C)\C(C)=C/C. The van der Waals surface area contributed by atoms with E-state index in [-0.39, 0.29) is 0 Å². The molecule has 0 amide bonds. The summed E-state index contributed by atoms with van der Waals surface area (Å²) in [4.78, 5) is 0. The third kappa shape index (κ3) is 2.53. The lowest BCUT2D eigenvalue weighted by molar-refractivity contribution is 1.32. The van der Waals surface area contributed by atoms with E-state index in [0.717, 1.165) is 4.48 Å². The highest BCUT2D eigenvalue weighted by atomic mass is 79.9. The highest BCUT2D eigenvalue weighted by molar-refractivity contribution is 9.11. The van der Waals surface area contributed by atoms with E-state index >= 15 is 0 Å². The smallest absolute Gasteiger partial charge is 0.0201 e. The number of hydrogen-bond donors (Lipinski definition) is 0. The van der Waals surface area contributed by atoms with E-state index in [9.17, 15) is 0 Å². The molecule has 0 fully saturated rings. The van der Waals surface area contributed by atoms with E-state index < -0.39 is 0 Å². The third-order valence-corrected chi connectivity index (χ3v) is 2.48. The van der Waals surface area contributed by atoms with E-state index in [1.165, 1.54) is 11.1 Å². The van der Waals surface area contributed by atoms with Gasteiger partial charge in [-0.25, -0.2) is 0 Å². The van der Waals surface area contributed by atoms with Crippen LogP contribution in [0.25, 0.3) is 0 Å². The first-order valence-electron chi connectivity index (χ1n) is 3.25. The minimum atomic E-state index is 1.07. The first kappa shape index (κ1) is 9.70. The first-order valence-corrected chi connectivity index (χ1v) is 4.04. The fourth-order valence-corrected chi connectivity index (χ4v) is 0.871. The van der Waals surface area contributed by atoms with Crippen molar-refractivity contribution < 1.29 is 0 Å². The minimum absolute atomic E-state index is 1.07. The van der Waals surface area contributed by atoms with Crippen molar-refractivity contribution in [3.8, 4) is 0 Å². The van der Waals surface area contributed by atoms with Crippen LogP contribution in [0.4, 0.5) is 0 Å². The summed E-state index contributed by atoms with van der Waals surface area (Å²) in [7, 11) is 0. The van der Waals surface area contributed by atoms with Crippen LogP contribution in [0.2, 0.25) is 0 Å². The molecule has 0 bridgehead atoms. The fraction of sp³-hybridized carbons (Fsp3) is 0.333. The summed E-state index contributed by atoms with van der Waals surface area (Å²) in [5.74, 6) is 0. The van der Waals surface area contributed by atoms with Crippen LogP contribution >= 0.6 is 15.9 Å². The molecule has 0 aromatic rings. The van der Waals surface area contributed by atoms with Gasteiger partial charge in [0.1, 0.15) is 0 Å². The van der Waals surface area contributed by atoms with Gasteiger partial charge in [0.15, 0.2) is 0 Å². The van der Waals surface area contributed by atoms with Crippen molar-refractivity contribution in [1.82, 2.24) is 0 Å². The van der Waals surface area contributed by atoms with Crippen molar-refractivity contribution in [2.24, 2.45) is 0 Å². The Morgan fingerprint density at radius 1 is 1.40 bits per heavy atom. The molecule has 0 saturated carbocycles. The number of rotatable bonds is 2. The second-order valence-electron chi connectivity index (χ2n) is 2.15. The summed E-state index contributed by atoms with van der Waals surface area (Å²) in [5.41, 5.74) is 2.53. The molecule has 0 N–H and O–H groups in total. The molecule has 1 heteroatoms. The monoisotopic (exact) mass is 200 g/mol. The van der Waals surface area contributed by atoms with Crippen LogP contribution in [-0.4, -0.2) is 0 Å². The van der Waals surface area contributed by atoms with E-state index in [1.54, 1.807) is 0 Å². The lowest BCUT2D eigenvalue weighted by atomic mass is 10.1. The molecule has 0 aliphatic heterocycles. The fourth-order valence-electron chi connectivity index (χ4n) is 0.558. The molecule has 0 aromatic heterocycles. The summed E-state index contributed by atoms with van der Waals surface area (Å²) in [5, 5.41) is 0.